The van der Waals surface area contributed by atoms with Gasteiger partial charge in [-0.1, -0.05) is 13.0 Å². The number of anilines is 1. The third-order valence-electron chi connectivity index (χ3n) is 4.38. The van der Waals surface area contributed by atoms with Crippen LogP contribution < -0.4 is 10.6 Å². The lowest BCUT2D eigenvalue weighted by Gasteiger charge is -2.38. The first-order chi connectivity index (χ1) is 9.95. The zero-order chi connectivity index (χ0) is 15.5. The first-order valence-electron chi connectivity index (χ1n) is 7.38. The van der Waals surface area contributed by atoms with Gasteiger partial charge in [0.15, 0.2) is 0 Å². The van der Waals surface area contributed by atoms with Crippen molar-refractivity contribution < 1.29 is 9.18 Å². The van der Waals surface area contributed by atoms with Gasteiger partial charge in [-0.05, 0) is 50.5 Å². The average Bonchev–Trinajstić information content (AvgIpc) is 2.48. The molecule has 0 radical (unpaired) electrons. The SMILES string of the molecule is CNc1c(F)cccc1C(=O)NCC1(C)CCN(C)CC1. The van der Waals surface area contributed by atoms with E-state index in [4.69, 9.17) is 0 Å². The van der Waals surface area contributed by atoms with Gasteiger partial charge in [0, 0.05) is 13.6 Å². The van der Waals surface area contributed by atoms with Crippen molar-refractivity contribution in [2.45, 2.75) is 19.8 Å². The van der Waals surface area contributed by atoms with Gasteiger partial charge >= 0.3 is 0 Å². The fourth-order valence-electron chi connectivity index (χ4n) is 2.69. The number of amides is 1. The van der Waals surface area contributed by atoms with Gasteiger partial charge in [-0.2, -0.15) is 0 Å². The summed E-state index contributed by atoms with van der Waals surface area (Å²) in [5.74, 6) is -0.630. The standard InChI is InChI=1S/C16H24FN3O/c1-16(7-9-20(3)10-8-16)11-19-15(21)12-5-4-6-13(17)14(12)18-2/h4-6,18H,7-11H2,1-3H3,(H,19,21). The van der Waals surface area contributed by atoms with Crippen LogP contribution in [0.1, 0.15) is 30.1 Å². The maximum absolute atomic E-state index is 13.7. The van der Waals surface area contributed by atoms with E-state index in [-0.39, 0.29) is 17.0 Å². The summed E-state index contributed by atoms with van der Waals surface area (Å²) in [7, 11) is 3.73. The molecule has 0 aromatic heterocycles. The molecule has 21 heavy (non-hydrogen) atoms. The van der Waals surface area contributed by atoms with Crippen LogP contribution in [-0.2, 0) is 0 Å². The summed E-state index contributed by atoms with van der Waals surface area (Å²) in [6.45, 7) is 4.92. The molecule has 1 heterocycles. The highest BCUT2D eigenvalue weighted by Crippen LogP contribution is 2.29. The van der Waals surface area contributed by atoms with Crippen LogP contribution in [-0.4, -0.2) is 44.5 Å². The zero-order valence-corrected chi connectivity index (χ0v) is 13.0. The van der Waals surface area contributed by atoms with Crippen LogP contribution >= 0.6 is 0 Å². The Balaban J connectivity index is 2.01. The Labute approximate surface area is 125 Å². The Bertz CT molecular complexity index is 510. The van der Waals surface area contributed by atoms with Crippen molar-refractivity contribution in [1.82, 2.24) is 10.2 Å². The van der Waals surface area contributed by atoms with E-state index >= 15 is 0 Å². The largest absolute Gasteiger partial charge is 0.385 e. The van der Waals surface area contributed by atoms with Crippen LogP contribution in [0.4, 0.5) is 10.1 Å². The second kappa shape index (κ2) is 6.43. The number of halogens is 1. The average molecular weight is 293 g/mol. The smallest absolute Gasteiger partial charge is 0.253 e. The molecule has 116 valence electrons. The highest BCUT2D eigenvalue weighted by atomic mass is 19.1. The number of nitrogens with one attached hydrogen (secondary N) is 2. The number of para-hydroxylation sites is 1. The minimum Gasteiger partial charge on any atom is -0.385 e. The Morgan fingerprint density at radius 2 is 2.05 bits per heavy atom. The second-order valence-corrected chi connectivity index (χ2v) is 6.21. The molecule has 4 nitrogen and oxygen atoms in total. The van der Waals surface area contributed by atoms with Crippen LogP contribution in [0.25, 0.3) is 0 Å². The third kappa shape index (κ3) is 3.73. The summed E-state index contributed by atoms with van der Waals surface area (Å²) >= 11 is 0. The molecular weight excluding hydrogens is 269 g/mol. The normalized spacial score (nSPS) is 18.3. The molecule has 2 N–H and O–H groups in total. The Morgan fingerprint density at radius 3 is 2.67 bits per heavy atom. The monoisotopic (exact) mass is 293 g/mol. The number of likely N-dealkylation sites (tertiary alicyclic amines) is 1. The maximum atomic E-state index is 13.7. The summed E-state index contributed by atoms with van der Waals surface area (Å²) in [5, 5.41) is 5.72. The molecular formula is C16H24FN3O. The summed E-state index contributed by atoms with van der Waals surface area (Å²) in [5.41, 5.74) is 0.729. The first-order valence-corrected chi connectivity index (χ1v) is 7.38. The molecule has 1 fully saturated rings. The van der Waals surface area contributed by atoms with Gasteiger partial charge in [0.1, 0.15) is 5.82 Å². The van der Waals surface area contributed by atoms with E-state index in [0.29, 0.717) is 12.1 Å². The summed E-state index contributed by atoms with van der Waals surface area (Å²) in [4.78, 5) is 14.6. The van der Waals surface area contributed by atoms with Gasteiger partial charge in [0.25, 0.3) is 5.91 Å². The van der Waals surface area contributed by atoms with Crippen LogP contribution in [0, 0.1) is 11.2 Å². The van der Waals surface area contributed by atoms with Crippen molar-refractivity contribution in [3.05, 3.63) is 29.6 Å². The Kier molecular flexibility index (Phi) is 4.83. The first kappa shape index (κ1) is 15.8. The van der Waals surface area contributed by atoms with E-state index in [1.165, 1.54) is 6.07 Å². The molecule has 2 rings (SSSR count). The van der Waals surface area contributed by atoms with Crippen LogP contribution in [0.5, 0.6) is 0 Å². The fourth-order valence-corrected chi connectivity index (χ4v) is 2.69. The fraction of sp³-hybridized carbons (Fsp3) is 0.562. The lowest BCUT2D eigenvalue weighted by molar-refractivity contribution is 0.0892. The molecule has 1 aliphatic heterocycles. The quantitative estimate of drug-likeness (QED) is 0.895. The molecule has 1 aromatic rings. The van der Waals surface area contributed by atoms with Gasteiger partial charge in [-0.3, -0.25) is 4.79 Å². The topological polar surface area (TPSA) is 44.4 Å². The van der Waals surface area contributed by atoms with E-state index in [9.17, 15) is 9.18 Å². The number of piperidine rings is 1. The second-order valence-electron chi connectivity index (χ2n) is 6.21. The zero-order valence-electron chi connectivity index (χ0n) is 13.0. The van der Waals surface area contributed by atoms with E-state index in [2.05, 4.69) is 29.5 Å². The molecule has 0 atom stereocenters. The highest BCUT2D eigenvalue weighted by molar-refractivity contribution is 5.99. The molecule has 1 aromatic carbocycles. The van der Waals surface area contributed by atoms with E-state index in [0.717, 1.165) is 25.9 Å². The number of carbonyl (C=O) groups is 1. The number of carbonyl (C=O) groups excluding carboxylic acids is 1. The van der Waals surface area contributed by atoms with Crippen LogP contribution in [0.3, 0.4) is 0 Å². The van der Waals surface area contributed by atoms with E-state index in [1.54, 1.807) is 19.2 Å². The molecule has 0 unspecified atom stereocenters. The van der Waals surface area contributed by atoms with Gasteiger partial charge in [-0.25, -0.2) is 4.39 Å². The van der Waals surface area contributed by atoms with Crippen LogP contribution in [0.15, 0.2) is 18.2 Å². The molecule has 0 saturated carbocycles. The molecule has 0 spiro atoms. The molecule has 0 bridgehead atoms. The van der Waals surface area contributed by atoms with Crippen molar-refractivity contribution in [2.75, 3.05) is 39.0 Å². The highest BCUT2D eigenvalue weighted by Gasteiger charge is 2.29. The number of rotatable bonds is 4. The van der Waals surface area contributed by atoms with Gasteiger partial charge in [-0.15, -0.1) is 0 Å². The molecule has 0 aliphatic carbocycles. The van der Waals surface area contributed by atoms with Crippen molar-refractivity contribution in [3.63, 3.8) is 0 Å². The van der Waals surface area contributed by atoms with E-state index in [1.807, 2.05) is 0 Å². The Hall–Kier alpha value is -1.62. The molecule has 5 heteroatoms. The summed E-state index contributed by atoms with van der Waals surface area (Å²) in [6, 6.07) is 4.55. The predicted octanol–water partition coefficient (Wildman–Crippen LogP) is 2.33. The number of hydrogen-bond acceptors (Lipinski definition) is 3. The molecule has 1 aliphatic rings. The van der Waals surface area contributed by atoms with Crippen molar-refractivity contribution >= 4 is 11.6 Å². The number of benzene rings is 1. The van der Waals surface area contributed by atoms with Crippen molar-refractivity contribution in [3.8, 4) is 0 Å². The van der Waals surface area contributed by atoms with Gasteiger partial charge in [0.2, 0.25) is 0 Å². The van der Waals surface area contributed by atoms with Gasteiger partial charge in [0.05, 0.1) is 11.3 Å². The third-order valence-corrected chi connectivity index (χ3v) is 4.38. The molecule has 1 saturated heterocycles. The van der Waals surface area contributed by atoms with Crippen molar-refractivity contribution in [2.24, 2.45) is 5.41 Å². The minimum atomic E-state index is -0.407. The summed E-state index contributed by atoms with van der Waals surface area (Å²) in [6.07, 6.45) is 2.12. The minimum absolute atomic E-state index is 0.120. The van der Waals surface area contributed by atoms with Crippen LogP contribution in [0.2, 0.25) is 0 Å². The number of hydrogen-bond donors (Lipinski definition) is 2. The Morgan fingerprint density at radius 1 is 1.38 bits per heavy atom. The maximum Gasteiger partial charge on any atom is 0.253 e. The lowest BCUT2D eigenvalue weighted by atomic mass is 9.80. The number of nitrogens with zero attached hydrogens (tertiary/aromatic N) is 1. The van der Waals surface area contributed by atoms with Gasteiger partial charge < -0.3 is 15.5 Å². The molecule has 1 amide bonds. The van der Waals surface area contributed by atoms with E-state index < -0.39 is 5.82 Å². The summed E-state index contributed by atoms with van der Waals surface area (Å²) < 4.78 is 13.7. The van der Waals surface area contributed by atoms with Crippen molar-refractivity contribution in [1.29, 1.82) is 0 Å². The predicted molar refractivity (Wildman–Crippen MR) is 83.1 cm³/mol. The lowest BCUT2D eigenvalue weighted by Crippen LogP contribution is -2.43.